The highest BCUT2D eigenvalue weighted by Crippen LogP contribution is 2.30. The highest BCUT2D eigenvalue weighted by atomic mass is 79.9. The summed E-state index contributed by atoms with van der Waals surface area (Å²) in [6, 6.07) is 3.82. The number of hydrogen-bond acceptors (Lipinski definition) is 5. The summed E-state index contributed by atoms with van der Waals surface area (Å²) in [6.07, 6.45) is 5.84. The molecule has 2 N–H and O–H groups in total. The van der Waals surface area contributed by atoms with E-state index in [4.69, 9.17) is 10.5 Å². The predicted molar refractivity (Wildman–Crippen MR) is 84.4 cm³/mol. The number of methoxy groups -OCH3 is 1. The number of nitrogen functional groups attached to an aromatic ring is 1. The van der Waals surface area contributed by atoms with Crippen LogP contribution in [0.4, 0.5) is 5.69 Å². The summed E-state index contributed by atoms with van der Waals surface area (Å²) in [5, 5.41) is 0.866. The van der Waals surface area contributed by atoms with E-state index in [0.29, 0.717) is 24.7 Å². The van der Waals surface area contributed by atoms with Crippen molar-refractivity contribution in [1.29, 1.82) is 0 Å². The third kappa shape index (κ3) is 2.62. The number of benzene rings is 1. The van der Waals surface area contributed by atoms with Gasteiger partial charge in [-0.2, -0.15) is 0 Å². The Balaban J connectivity index is 2.24. The Bertz CT molecular complexity index is 773. The lowest BCUT2D eigenvalue weighted by molar-refractivity contribution is 0.201. The average molecular weight is 348 g/mol. The Morgan fingerprint density at radius 1 is 1.33 bits per heavy atom. The predicted octanol–water partition coefficient (Wildman–Crippen LogP) is 2.35. The van der Waals surface area contributed by atoms with E-state index in [9.17, 15) is 0 Å². The fourth-order valence-electron chi connectivity index (χ4n) is 2.16. The number of nitrogens with two attached hydrogens (primary N) is 1. The molecule has 7 heteroatoms. The molecule has 1 aromatic carbocycles. The van der Waals surface area contributed by atoms with Gasteiger partial charge in [0.25, 0.3) is 0 Å². The first-order chi connectivity index (χ1) is 10.2. The van der Waals surface area contributed by atoms with E-state index in [1.165, 1.54) is 0 Å². The number of imidazole rings is 1. The Kier molecular flexibility index (Phi) is 3.85. The van der Waals surface area contributed by atoms with Gasteiger partial charge in [-0.25, -0.2) is 15.0 Å². The highest BCUT2D eigenvalue weighted by Gasteiger charge is 2.13. The van der Waals surface area contributed by atoms with E-state index in [1.54, 1.807) is 24.2 Å². The Hall–Kier alpha value is -1.99. The van der Waals surface area contributed by atoms with Crippen molar-refractivity contribution in [3.8, 4) is 5.95 Å². The van der Waals surface area contributed by atoms with Crippen molar-refractivity contribution in [2.24, 2.45) is 0 Å². The van der Waals surface area contributed by atoms with Crippen molar-refractivity contribution in [3.05, 3.63) is 41.0 Å². The van der Waals surface area contributed by atoms with Crippen LogP contribution in [0.25, 0.3) is 16.9 Å². The Morgan fingerprint density at radius 3 is 2.90 bits per heavy atom. The van der Waals surface area contributed by atoms with Gasteiger partial charge >= 0.3 is 0 Å². The lowest BCUT2D eigenvalue weighted by Gasteiger charge is -2.11. The second-order valence-electron chi connectivity index (χ2n) is 4.54. The molecule has 108 valence electrons. The Morgan fingerprint density at radius 2 is 2.19 bits per heavy atom. The quantitative estimate of drug-likeness (QED) is 0.733. The van der Waals surface area contributed by atoms with Crippen LogP contribution >= 0.6 is 15.9 Å². The van der Waals surface area contributed by atoms with Crippen molar-refractivity contribution in [2.75, 3.05) is 19.5 Å². The number of halogens is 1. The van der Waals surface area contributed by atoms with E-state index in [1.807, 2.05) is 18.3 Å². The molecule has 0 spiro atoms. The van der Waals surface area contributed by atoms with Crippen LogP contribution in [-0.2, 0) is 11.2 Å². The summed E-state index contributed by atoms with van der Waals surface area (Å²) in [4.78, 5) is 13.2. The Labute approximate surface area is 130 Å². The zero-order valence-corrected chi connectivity index (χ0v) is 13.0. The molecule has 0 saturated heterocycles. The first-order valence-electron chi connectivity index (χ1n) is 6.42. The topological polar surface area (TPSA) is 78.8 Å². The summed E-state index contributed by atoms with van der Waals surface area (Å²) in [6.45, 7) is 0.571. The third-order valence-electron chi connectivity index (χ3n) is 3.19. The van der Waals surface area contributed by atoms with Crippen LogP contribution < -0.4 is 5.73 Å². The molecule has 21 heavy (non-hydrogen) atoms. The van der Waals surface area contributed by atoms with E-state index in [0.717, 1.165) is 21.1 Å². The van der Waals surface area contributed by atoms with E-state index in [2.05, 4.69) is 30.9 Å². The minimum absolute atomic E-state index is 0.571. The summed E-state index contributed by atoms with van der Waals surface area (Å²) in [5.41, 5.74) is 8.49. The molecule has 2 heterocycles. The summed E-state index contributed by atoms with van der Waals surface area (Å²) in [7, 11) is 1.67. The lowest BCUT2D eigenvalue weighted by atomic mass is 10.1. The molecule has 3 aromatic rings. The van der Waals surface area contributed by atoms with Gasteiger partial charge in [0.2, 0.25) is 5.95 Å². The summed E-state index contributed by atoms with van der Waals surface area (Å²) >= 11 is 3.45. The second-order valence-corrected chi connectivity index (χ2v) is 5.39. The van der Waals surface area contributed by atoms with E-state index in [-0.39, 0.29) is 0 Å². The van der Waals surface area contributed by atoms with Crippen LogP contribution in [0, 0.1) is 0 Å². The number of rotatable bonds is 4. The van der Waals surface area contributed by atoms with Gasteiger partial charge in [0.15, 0.2) is 0 Å². The third-order valence-corrected chi connectivity index (χ3v) is 3.88. The van der Waals surface area contributed by atoms with Crippen LogP contribution in [0.1, 0.15) is 5.69 Å². The molecular formula is C14H14BrN5O. The van der Waals surface area contributed by atoms with Gasteiger partial charge in [-0.05, 0) is 28.1 Å². The molecule has 0 amide bonds. The number of anilines is 1. The smallest absolute Gasteiger partial charge is 0.235 e. The van der Waals surface area contributed by atoms with Crippen LogP contribution in [0.15, 0.2) is 35.3 Å². The average Bonchev–Trinajstić information content (AvgIpc) is 3.02. The standard InChI is InChI=1S/C14H14BrN5O/c1-21-7-4-11-12-10(3-2-9(15)13(12)16)18-14(19-11)20-6-5-17-8-20/h2-3,5-6,8H,4,7,16H2,1H3. The molecule has 0 fully saturated rings. The van der Waals surface area contributed by atoms with Gasteiger partial charge < -0.3 is 10.5 Å². The molecule has 0 atom stereocenters. The number of aromatic nitrogens is 4. The van der Waals surface area contributed by atoms with E-state index >= 15 is 0 Å². The number of hydrogen-bond donors (Lipinski definition) is 1. The number of fused-ring (bicyclic) bond motifs is 1. The first kappa shape index (κ1) is 14.0. The maximum Gasteiger partial charge on any atom is 0.235 e. The van der Waals surface area contributed by atoms with Crippen molar-refractivity contribution >= 4 is 32.5 Å². The molecule has 0 radical (unpaired) electrons. The molecule has 0 unspecified atom stereocenters. The van der Waals surface area contributed by atoms with E-state index < -0.39 is 0 Å². The lowest BCUT2D eigenvalue weighted by Crippen LogP contribution is -2.07. The largest absolute Gasteiger partial charge is 0.397 e. The minimum Gasteiger partial charge on any atom is -0.397 e. The summed E-state index contributed by atoms with van der Waals surface area (Å²) < 4.78 is 7.78. The van der Waals surface area contributed by atoms with Gasteiger partial charge in [0.05, 0.1) is 23.5 Å². The van der Waals surface area contributed by atoms with Crippen LogP contribution in [0.5, 0.6) is 0 Å². The van der Waals surface area contributed by atoms with Crippen molar-refractivity contribution in [2.45, 2.75) is 6.42 Å². The monoisotopic (exact) mass is 347 g/mol. The zero-order valence-electron chi connectivity index (χ0n) is 11.5. The molecule has 2 aromatic heterocycles. The number of nitrogens with zero attached hydrogens (tertiary/aromatic N) is 4. The van der Waals surface area contributed by atoms with Crippen LogP contribution in [-0.4, -0.2) is 33.2 Å². The van der Waals surface area contributed by atoms with Gasteiger partial charge in [-0.1, -0.05) is 0 Å². The minimum atomic E-state index is 0.571. The molecule has 6 nitrogen and oxygen atoms in total. The normalized spacial score (nSPS) is 11.1. The molecular weight excluding hydrogens is 334 g/mol. The molecule has 0 aliphatic heterocycles. The van der Waals surface area contributed by atoms with Crippen molar-refractivity contribution < 1.29 is 4.74 Å². The van der Waals surface area contributed by atoms with Gasteiger partial charge in [0.1, 0.15) is 6.33 Å². The fraction of sp³-hybridized carbons (Fsp3) is 0.214. The fourth-order valence-corrected chi connectivity index (χ4v) is 2.49. The van der Waals surface area contributed by atoms with Gasteiger partial charge in [-0.15, -0.1) is 0 Å². The first-order valence-corrected chi connectivity index (χ1v) is 7.22. The van der Waals surface area contributed by atoms with Crippen molar-refractivity contribution in [3.63, 3.8) is 0 Å². The molecule has 0 bridgehead atoms. The van der Waals surface area contributed by atoms with Gasteiger partial charge in [0, 0.05) is 35.8 Å². The molecule has 0 saturated carbocycles. The van der Waals surface area contributed by atoms with Crippen molar-refractivity contribution in [1.82, 2.24) is 19.5 Å². The molecule has 0 aliphatic carbocycles. The SMILES string of the molecule is COCCc1nc(-n2ccnc2)nc2ccc(Br)c(N)c12. The van der Waals surface area contributed by atoms with Crippen LogP contribution in [0.2, 0.25) is 0 Å². The maximum absolute atomic E-state index is 6.17. The maximum atomic E-state index is 6.17. The zero-order chi connectivity index (χ0) is 14.8. The molecule has 3 rings (SSSR count). The second kappa shape index (κ2) is 5.79. The van der Waals surface area contributed by atoms with Gasteiger partial charge in [-0.3, -0.25) is 4.57 Å². The summed E-state index contributed by atoms with van der Waals surface area (Å²) in [5.74, 6) is 0.577. The molecule has 0 aliphatic rings. The number of ether oxygens (including phenoxy) is 1. The van der Waals surface area contributed by atoms with Crippen LogP contribution in [0.3, 0.4) is 0 Å². The highest BCUT2D eigenvalue weighted by molar-refractivity contribution is 9.10.